The maximum absolute atomic E-state index is 12.8. The molecule has 0 bridgehead atoms. The van der Waals surface area contributed by atoms with Crippen LogP contribution < -0.4 is 0 Å². The second-order valence-corrected chi connectivity index (χ2v) is 4.28. The summed E-state index contributed by atoms with van der Waals surface area (Å²) in [6.45, 7) is 2.42. The van der Waals surface area contributed by atoms with Crippen molar-refractivity contribution in [2.75, 3.05) is 6.54 Å². The zero-order chi connectivity index (χ0) is 11.5. The Hall–Kier alpha value is -1.38. The Morgan fingerprint density at radius 3 is 2.62 bits per heavy atom. The molecule has 2 rings (SSSR count). The molecule has 86 valence electrons. The first-order valence-electron chi connectivity index (χ1n) is 5.71. The fourth-order valence-corrected chi connectivity index (χ4v) is 2.34. The predicted octanol–water partition coefficient (Wildman–Crippen LogP) is 2.90. The van der Waals surface area contributed by atoms with Gasteiger partial charge in [-0.2, -0.15) is 0 Å². The van der Waals surface area contributed by atoms with E-state index in [4.69, 9.17) is 0 Å². The Balaban J connectivity index is 2.23. The Morgan fingerprint density at radius 2 is 2.00 bits per heavy atom. The molecule has 0 radical (unpaired) electrons. The van der Waals surface area contributed by atoms with Crippen molar-refractivity contribution in [3.63, 3.8) is 0 Å². The highest BCUT2D eigenvalue weighted by Crippen LogP contribution is 2.30. The monoisotopic (exact) mass is 221 g/mol. The van der Waals surface area contributed by atoms with Crippen molar-refractivity contribution in [3.05, 3.63) is 35.6 Å². The number of piperidine rings is 1. The lowest BCUT2D eigenvalue weighted by Crippen LogP contribution is -2.36. The maximum atomic E-state index is 12.8. The van der Waals surface area contributed by atoms with Crippen LogP contribution >= 0.6 is 0 Å². The summed E-state index contributed by atoms with van der Waals surface area (Å²) < 4.78 is 12.8. The normalized spacial score (nSPS) is 20.9. The quantitative estimate of drug-likeness (QED) is 0.714. The number of benzene rings is 1. The summed E-state index contributed by atoms with van der Waals surface area (Å²) in [7, 11) is 0. The van der Waals surface area contributed by atoms with E-state index in [0.717, 1.165) is 31.4 Å². The van der Waals surface area contributed by atoms with Gasteiger partial charge in [0.2, 0.25) is 5.91 Å². The van der Waals surface area contributed by atoms with Crippen LogP contribution in [0.3, 0.4) is 0 Å². The highest BCUT2D eigenvalue weighted by Gasteiger charge is 2.25. The van der Waals surface area contributed by atoms with Gasteiger partial charge in [-0.25, -0.2) is 4.39 Å². The molecule has 2 nitrogen and oxygen atoms in total. The maximum Gasteiger partial charge on any atom is 0.219 e. The molecule has 0 aromatic heterocycles. The number of hydrogen-bond acceptors (Lipinski definition) is 1. The Bertz CT molecular complexity index is 374. The highest BCUT2D eigenvalue weighted by molar-refractivity contribution is 5.74. The molecule has 1 amide bonds. The fourth-order valence-electron chi connectivity index (χ4n) is 2.34. The number of amides is 1. The molecule has 1 aliphatic rings. The van der Waals surface area contributed by atoms with Crippen LogP contribution in [0.2, 0.25) is 0 Å². The lowest BCUT2D eigenvalue weighted by atomic mass is 9.95. The molecule has 0 spiro atoms. The van der Waals surface area contributed by atoms with Gasteiger partial charge in [0.05, 0.1) is 6.04 Å². The summed E-state index contributed by atoms with van der Waals surface area (Å²) in [5.74, 6) is -0.122. The number of halogens is 1. The highest BCUT2D eigenvalue weighted by atomic mass is 19.1. The third-order valence-corrected chi connectivity index (χ3v) is 3.16. The Morgan fingerprint density at radius 1 is 1.31 bits per heavy atom. The molecule has 0 unspecified atom stereocenters. The molecule has 1 saturated heterocycles. The van der Waals surface area contributed by atoms with Crippen molar-refractivity contribution in [2.45, 2.75) is 32.2 Å². The third-order valence-electron chi connectivity index (χ3n) is 3.16. The molecule has 1 aromatic rings. The lowest BCUT2D eigenvalue weighted by molar-refractivity contribution is -0.132. The molecule has 0 saturated carbocycles. The van der Waals surface area contributed by atoms with E-state index in [-0.39, 0.29) is 17.8 Å². The Kier molecular flexibility index (Phi) is 3.22. The minimum atomic E-state index is -0.228. The number of hydrogen-bond donors (Lipinski definition) is 0. The second-order valence-electron chi connectivity index (χ2n) is 4.28. The zero-order valence-electron chi connectivity index (χ0n) is 9.45. The van der Waals surface area contributed by atoms with Crippen molar-refractivity contribution >= 4 is 5.91 Å². The van der Waals surface area contributed by atoms with Crippen LogP contribution in [-0.4, -0.2) is 17.4 Å². The van der Waals surface area contributed by atoms with Crippen LogP contribution in [0.25, 0.3) is 0 Å². The smallest absolute Gasteiger partial charge is 0.219 e. The van der Waals surface area contributed by atoms with E-state index in [1.807, 2.05) is 4.90 Å². The molecular weight excluding hydrogens is 205 g/mol. The average Bonchev–Trinajstić information content (AvgIpc) is 2.30. The largest absolute Gasteiger partial charge is 0.336 e. The number of rotatable bonds is 1. The molecule has 3 heteroatoms. The van der Waals surface area contributed by atoms with Crippen LogP contribution in [-0.2, 0) is 4.79 Å². The SMILES string of the molecule is CC(=O)N1CCCC[C@H]1c1ccc(F)cc1. The van der Waals surface area contributed by atoms with E-state index in [2.05, 4.69) is 0 Å². The summed E-state index contributed by atoms with van der Waals surface area (Å²) in [4.78, 5) is 13.4. The predicted molar refractivity (Wildman–Crippen MR) is 60.4 cm³/mol. The first kappa shape index (κ1) is 11.1. The summed E-state index contributed by atoms with van der Waals surface area (Å²) in [5, 5.41) is 0. The van der Waals surface area contributed by atoms with Crippen molar-refractivity contribution in [2.24, 2.45) is 0 Å². The van der Waals surface area contributed by atoms with E-state index in [0.29, 0.717) is 0 Å². The van der Waals surface area contributed by atoms with Gasteiger partial charge in [-0.15, -0.1) is 0 Å². The number of nitrogens with zero attached hydrogens (tertiary/aromatic N) is 1. The topological polar surface area (TPSA) is 20.3 Å². The molecule has 0 N–H and O–H groups in total. The van der Waals surface area contributed by atoms with Gasteiger partial charge >= 0.3 is 0 Å². The van der Waals surface area contributed by atoms with Crippen molar-refractivity contribution in [3.8, 4) is 0 Å². The summed E-state index contributed by atoms with van der Waals surface area (Å²) in [5.41, 5.74) is 1.04. The van der Waals surface area contributed by atoms with Crippen LogP contribution in [0.4, 0.5) is 4.39 Å². The van der Waals surface area contributed by atoms with Gasteiger partial charge in [-0.1, -0.05) is 12.1 Å². The number of carbonyl (C=O) groups excluding carboxylic acids is 1. The van der Waals surface area contributed by atoms with Crippen LogP contribution in [0.1, 0.15) is 37.8 Å². The van der Waals surface area contributed by atoms with E-state index in [1.54, 1.807) is 19.1 Å². The van der Waals surface area contributed by atoms with E-state index in [1.165, 1.54) is 12.1 Å². The van der Waals surface area contributed by atoms with E-state index >= 15 is 0 Å². The van der Waals surface area contributed by atoms with Crippen molar-refractivity contribution in [1.29, 1.82) is 0 Å². The van der Waals surface area contributed by atoms with E-state index < -0.39 is 0 Å². The first-order valence-corrected chi connectivity index (χ1v) is 5.71. The van der Waals surface area contributed by atoms with Crippen molar-refractivity contribution in [1.82, 2.24) is 4.90 Å². The van der Waals surface area contributed by atoms with Gasteiger partial charge in [-0.05, 0) is 37.0 Å². The van der Waals surface area contributed by atoms with Gasteiger partial charge in [0.15, 0.2) is 0 Å². The molecule has 1 aliphatic heterocycles. The summed E-state index contributed by atoms with van der Waals surface area (Å²) in [6.07, 6.45) is 3.17. The molecule has 1 heterocycles. The fraction of sp³-hybridized carbons (Fsp3) is 0.462. The molecular formula is C13H16FNO. The molecule has 16 heavy (non-hydrogen) atoms. The lowest BCUT2D eigenvalue weighted by Gasteiger charge is -2.35. The summed E-state index contributed by atoms with van der Waals surface area (Å²) in [6, 6.07) is 6.61. The van der Waals surface area contributed by atoms with Gasteiger partial charge < -0.3 is 4.90 Å². The number of likely N-dealkylation sites (tertiary alicyclic amines) is 1. The average molecular weight is 221 g/mol. The van der Waals surface area contributed by atoms with Gasteiger partial charge in [0, 0.05) is 13.5 Å². The van der Waals surface area contributed by atoms with Gasteiger partial charge in [0.25, 0.3) is 0 Å². The minimum absolute atomic E-state index is 0.106. The molecule has 0 aliphatic carbocycles. The Labute approximate surface area is 95.1 Å². The van der Waals surface area contributed by atoms with Crippen LogP contribution in [0.5, 0.6) is 0 Å². The van der Waals surface area contributed by atoms with Gasteiger partial charge in [-0.3, -0.25) is 4.79 Å². The molecule has 1 atom stereocenters. The molecule has 1 fully saturated rings. The third kappa shape index (κ3) is 2.23. The van der Waals surface area contributed by atoms with Crippen molar-refractivity contribution < 1.29 is 9.18 Å². The number of carbonyl (C=O) groups is 1. The van der Waals surface area contributed by atoms with Gasteiger partial charge in [0.1, 0.15) is 5.82 Å². The summed E-state index contributed by atoms with van der Waals surface area (Å²) >= 11 is 0. The van der Waals surface area contributed by atoms with E-state index in [9.17, 15) is 9.18 Å². The molecule has 1 aromatic carbocycles. The van der Waals surface area contributed by atoms with Crippen LogP contribution in [0.15, 0.2) is 24.3 Å². The zero-order valence-corrected chi connectivity index (χ0v) is 9.45. The van der Waals surface area contributed by atoms with Crippen LogP contribution in [0, 0.1) is 5.82 Å². The first-order chi connectivity index (χ1) is 7.68. The second kappa shape index (κ2) is 4.64. The minimum Gasteiger partial charge on any atom is -0.336 e. The standard InChI is InChI=1S/C13H16FNO/c1-10(16)15-9-3-2-4-13(15)11-5-7-12(14)8-6-11/h5-8,13H,2-4,9H2,1H3/t13-/m0/s1.